The van der Waals surface area contributed by atoms with Gasteiger partial charge in [-0.15, -0.1) is 0 Å². The molecule has 1 amide bonds. The first-order chi connectivity index (χ1) is 11.8. The minimum absolute atomic E-state index is 0.000578. The van der Waals surface area contributed by atoms with Crippen LogP contribution in [0, 0.1) is 6.92 Å². The summed E-state index contributed by atoms with van der Waals surface area (Å²) in [6.45, 7) is 3.48. The second-order valence-electron chi connectivity index (χ2n) is 5.54. The maximum Gasteiger partial charge on any atom is 0.244 e. The van der Waals surface area contributed by atoms with Crippen molar-refractivity contribution < 1.29 is 17.9 Å². The fourth-order valence-electron chi connectivity index (χ4n) is 2.18. The molecule has 2 N–H and O–H groups in total. The van der Waals surface area contributed by atoms with E-state index >= 15 is 0 Å². The minimum Gasteiger partial charge on any atom is -0.495 e. The van der Waals surface area contributed by atoms with Gasteiger partial charge in [-0.1, -0.05) is 12.1 Å². The Hall–Kier alpha value is -2.45. The van der Waals surface area contributed by atoms with Crippen molar-refractivity contribution in [3.63, 3.8) is 0 Å². The number of pyridine rings is 1. The number of nitrogens with zero attached hydrogens (tertiary/aromatic N) is 1. The Balaban J connectivity index is 2.06. The standard InChI is InChI=1S/C17H21N3O4S/c1-12-7-8-15(24-3)16(10-12)25(22,23)20-13(2)17(21)19-11-14-6-4-5-9-18-14/h4-10,13,20H,11H2,1-3H3,(H,19,21). The third-order valence-electron chi connectivity index (χ3n) is 3.50. The van der Waals surface area contributed by atoms with Gasteiger partial charge in [0.15, 0.2) is 0 Å². The molecule has 0 saturated heterocycles. The smallest absolute Gasteiger partial charge is 0.244 e. The first-order valence-electron chi connectivity index (χ1n) is 7.68. The van der Waals surface area contributed by atoms with Crippen molar-refractivity contribution in [2.75, 3.05) is 7.11 Å². The Bertz CT molecular complexity index is 838. The lowest BCUT2D eigenvalue weighted by atomic mass is 10.2. The van der Waals surface area contributed by atoms with Crippen LogP contribution in [0.1, 0.15) is 18.2 Å². The molecule has 0 aliphatic heterocycles. The number of aromatic nitrogens is 1. The largest absolute Gasteiger partial charge is 0.495 e. The Morgan fingerprint density at radius 2 is 2.04 bits per heavy atom. The molecule has 0 spiro atoms. The molecule has 1 unspecified atom stereocenters. The average Bonchev–Trinajstić information content (AvgIpc) is 2.60. The summed E-state index contributed by atoms with van der Waals surface area (Å²) in [5.74, 6) is -0.222. The van der Waals surface area contributed by atoms with E-state index in [1.165, 1.54) is 20.1 Å². The van der Waals surface area contributed by atoms with Gasteiger partial charge in [-0.2, -0.15) is 4.72 Å². The molecule has 1 aromatic heterocycles. The monoisotopic (exact) mass is 363 g/mol. The van der Waals surface area contributed by atoms with Crippen LogP contribution in [0.4, 0.5) is 0 Å². The van der Waals surface area contributed by atoms with Crippen molar-refractivity contribution in [2.24, 2.45) is 0 Å². The summed E-state index contributed by atoms with van der Waals surface area (Å²) in [5, 5.41) is 2.65. The zero-order valence-corrected chi connectivity index (χ0v) is 15.1. The Morgan fingerprint density at radius 1 is 1.28 bits per heavy atom. The van der Waals surface area contributed by atoms with Gasteiger partial charge in [-0.05, 0) is 43.7 Å². The first-order valence-corrected chi connectivity index (χ1v) is 9.16. The van der Waals surface area contributed by atoms with Gasteiger partial charge in [0.25, 0.3) is 0 Å². The number of aryl methyl sites for hydroxylation is 1. The summed E-state index contributed by atoms with van der Waals surface area (Å²) in [5.41, 5.74) is 1.46. The number of sulfonamides is 1. The SMILES string of the molecule is COc1ccc(C)cc1S(=O)(=O)NC(C)C(=O)NCc1ccccn1. The number of ether oxygens (including phenoxy) is 1. The van der Waals surface area contributed by atoms with Crippen LogP contribution in [-0.4, -0.2) is 32.5 Å². The number of methoxy groups -OCH3 is 1. The molecule has 0 radical (unpaired) electrons. The number of carbonyl (C=O) groups is 1. The highest BCUT2D eigenvalue weighted by Crippen LogP contribution is 2.24. The molecule has 134 valence electrons. The number of hydrogen-bond donors (Lipinski definition) is 2. The average molecular weight is 363 g/mol. The molecule has 0 bridgehead atoms. The Kier molecular flexibility index (Phi) is 6.11. The van der Waals surface area contributed by atoms with Crippen molar-refractivity contribution in [3.05, 3.63) is 53.9 Å². The zero-order valence-electron chi connectivity index (χ0n) is 14.3. The summed E-state index contributed by atoms with van der Waals surface area (Å²) < 4.78 is 32.6. The molecule has 0 fully saturated rings. The molecule has 2 rings (SSSR count). The Morgan fingerprint density at radius 3 is 2.68 bits per heavy atom. The van der Waals surface area contributed by atoms with E-state index in [2.05, 4.69) is 15.0 Å². The second-order valence-corrected chi connectivity index (χ2v) is 7.22. The lowest BCUT2D eigenvalue weighted by Gasteiger charge is -2.16. The topological polar surface area (TPSA) is 97.4 Å². The lowest BCUT2D eigenvalue weighted by Crippen LogP contribution is -2.44. The van der Waals surface area contributed by atoms with Crippen LogP contribution in [0.15, 0.2) is 47.5 Å². The fourth-order valence-corrected chi connectivity index (χ4v) is 3.63. The maximum atomic E-state index is 12.6. The van der Waals surface area contributed by atoms with Crippen molar-refractivity contribution in [1.82, 2.24) is 15.0 Å². The molecule has 25 heavy (non-hydrogen) atoms. The molecule has 0 aliphatic carbocycles. The van der Waals surface area contributed by atoms with E-state index in [0.29, 0.717) is 5.69 Å². The summed E-state index contributed by atoms with van der Waals surface area (Å²) in [6, 6.07) is 9.24. The summed E-state index contributed by atoms with van der Waals surface area (Å²) in [7, 11) is -2.51. The molecule has 8 heteroatoms. The molecule has 2 aromatic rings. The summed E-state index contributed by atoms with van der Waals surface area (Å²) >= 11 is 0. The number of carbonyl (C=O) groups excluding carboxylic acids is 1. The predicted molar refractivity (Wildman–Crippen MR) is 93.6 cm³/mol. The van der Waals surface area contributed by atoms with Crippen molar-refractivity contribution in [3.8, 4) is 5.75 Å². The number of benzene rings is 1. The van der Waals surface area contributed by atoms with E-state index in [-0.39, 0.29) is 17.2 Å². The molecular formula is C17H21N3O4S. The highest BCUT2D eigenvalue weighted by atomic mass is 32.2. The zero-order chi connectivity index (χ0) is 18.4. The van der Waals surface area contributed by atoms with Gasteiger partial charge in [0.05, 0.1) is 25.4 Å². The van der Waals surface area contributed by atoms with Crippen LogP contribution in [0.25, 0.3) is 0 Å². The Labute approximate surface area is 147 Å². The van der Waals surface area contributed by atoms with Gasteiger partial charge in [-0.25, -0.2) is 8.42 Å². The van der Waals surface area contributed by atoms with Crippen LogP contribution in [0.3, 0.4) is 0 Å². The van der Waals surface area contributed by atoms with Gasteiger partial charge in [0.1, 0.15) is 10.6 Å². The van der Waals surface area contributed by atoms with E-state index in [1.54, 1.807) is 37.4 Å². The fraction of sp³-hybridized carbons (Fsp3) is 0.294. The normalized spacial score (nSPS) is 12.4. The van der Waals surface area contributed by atoms with Crippen molar-refractivity contribution in [1.29, 1.82) is 0 Å². The van der Waals surface area contributed by atoms with E-state index < -0.39 is 22.0 Å². The quantitative estimate of drug-likeness (QED) is 0.775. The lowest BCUT2D eigenvalue weighted by molar-refractivity contribution is -0.122. The van der Waals surface area contributed by atoms with E-state index in [9.17, 15) is 13.2 Å². The molecule has 1 aromatic carbocycles. The van der Waals surface area contributed by atoms with Gasteiger partial charge in [0.2, 0.25) is 15.9 Å². The first kappa shape index (κ1) is 18.9. The van der Waals surface area contributed by atoms with Crippen molar-refractivity contribution >= 4 is 15.9 Å². The van der Waals surface area contributed by atoms with Crippen LogP contribution in [0.5, 0.6) is 5.75 Å². The van der Waals surface area contributed by atoms with Crippen molar-refractivity contribution in [2.45, 2.75) is 31.3 Å². The summed E-state index contributed by atoms with van der Waals surface area (Å²) in [4.78, 5) is 16.2. The molecule has 0 aliphatic rings. The van der Waals surface area contributed by atoms with Gasteiger partial charge in [0, 0.05) is 6.20 Å². The van der Waals surface area contributed by atoms with E-state index in [4.69, 9.17) is 4.74 Å². The third kappa shape index (κ3) is 5.01. The summed E-state index contributed by atoms with van der Waals surface area (Å²) in [6.07, 6.45) is 1.62. The number of nitrogens with one attached hydrogen (secondary N) is 2. The second kappa shape index (κ2) is 8.09. The number of amides is 1. The minimum atomic E-state index is -3.90. The van der Waals surface area contributed by atoms with Gasteiger partial charge >= 0.3 is 0 Å². The van der Waals surface area contributed by atoms with Crippen LogP contribution < -0.4 is 14.8 Å². The number of rotatable bonds is 7. The maximum absolute atomic E-state index is 12.6. The van der Waals surface area contributed by atoms with E-state index in [1.807, 2.05) is 6.07 Å². The van der Waals surface area contributed by atoms with Gasteiger partial charge in [-0.3, -0.25) is 9.78 Å². The third-order valence-corrected chi connectivity index (χ3v) is 5.07. The molecule has 0 saturated carbocycles. The number of hydrogen-bond acceptors (Lipinski definition) is 5. The highest BCUT2D eigenvalue weighted by Gasteiger charge is 2.25. The molecule has 1 heterocycles. The molecule has 1 atom stereocenters. The molecular weight excluding hydrogens is 342 g/mol. The van der Waals surface area contributed by atoms with Crippen LogP contribution in [0.2, 0.25) is 0 Å². The van der Waals surface area contributed by atoms with E-state index in [0.717, 1.165) is 5.56 Å². The predicted octanol–water partition coefficient (Wildman–Crippen LogP) is 1.38. The van der Waals surface area contributed by atoms with Crippen LogP contribution >= 0.6 is 0 Å². The van der Waals surface area contributed by atoms with Crippen LogP contribution in [-0.2, 0) is 21.4 Å². The molecule has 7 nitrogen and oxygen atoms in total. The van der Waals surface area contributed by atoms with Gasteiger partial charge < -0.3 is 10.1 Å². The highest BCUT2D eigenvalue weighted by molar-refractivity contribution is 7.89.